The number of nitrogens with zero attached hydrogens (tertiary/aromatic N) is 3. The number of alkyl halides is 3. The molecule has 0 aliphatic carbocycles. The Morgan fingerprint density at radius 2 is 1.95 bits per heavy atom. The lowest BCUT2D eigenvalue weighted by atomic mass is 10.2. The first-order valence-electron chi connectivity index (χ1n) is 6.24. The third-order valence-corrected chi connectivity index (χ3v) is 3.20. The molecule has 0 amide bonds. The summed E-state index contributed by atoms with van der Waals surface area (Å²) in [5.74, 6) is 0.182. The zero-order valence-electron chi connectivity index (χ0n) is 11.0. The lowest BCUT2D eigenvalue weighted by molar-refractivity contribution is -0.274. The van der Waals surface area contributed by atoms with Gasteiger partial charge < -0.3 is 14.8 Å². The molecule has 2 heterocycles. The summed E-state index contributed by atoms with van der Waals surface area (Å²) in [6.45, 7) is 1.14. The van der Waals surface area contributed by atoms with Crippen molar-refractivity contribution in [2.24, 2.45) is 0 Å². The minimum Gasteiger partial charge on any atom is -0.406 e. The van der Waals surface area contributed by atoms with Crippen molar-refractivity contribution in [1.82, 2.24) is 14.8 Å². The second-order valence-electron chi connectivity index (χ2n) is 4.54. The Morgan fingerprint density at radius 1 is 1.27 bits per heavy atom. The molecule has 1 aromatic carbocycles. The van der Waals surface area contributed by atoms with Gasteiger partial charge in [0, 0.05) is 0 Å². The van der Waals surface area contributed by atoms with Gasteiger partial charge in [-0.3, -0.25) is 0 Å². The van der Waals surface area contributed by atoms with E-state index in [-0.39, 0.29) is 11.8 Å². The van der Waals surface area contributed by atoms with Crippen molar-refractivity contribution < 1.29 is 22.6 Å². The molecule has 1 N–H and O–H groups in total. The fourth-order valence-electron chi connectivity index (χ4n) is 1.85. The van der Waals surface area contributed by atoms with Gasteiger partial charge in [0.15, 0.2) is 0 Å². The van der Waals surface area contributed by atoms with Crippen LogP contribution in [0.15, 0.2) is 29.0 Å². The molecule has 118 valence electrons. The van der Waals surface area contributed by atoms with Gasteiger partial charge in [-0.05, 0) is 40.2 Å². The highest BCUT2D eigenvalue weighted by atomic mass is 79.9. The first-order valence-corrected chi connectivity index (χ1v) is 7.03. The van der Waals surface area contributed by atoms with Gasteiger partial charge in [0.25, 0.3) is 0 Å². The van der Waals surface area contributed by atoms with Crippen LogP contribution in [-0.4, -0.2) is 40.4 Å². The monoisotopic (exact) mass is 378 g/mol. The Bertz CT molecular complexity index is 655. The summed E-state index contributed by atoms with van der Waals surface area (Å²) in [5, 5.41) is 7.29. The summed E-state index contributed by atoms with van der Waals surface area (Å²) in [5.41, 5.74) is 0.551. The maximum absolute atomic E-state index is 12.1. The maximum atomic E-state index is 12.1. The topological polar surface area (TPSA) is 61.2 Å². The molecule has 1 saturated heterocycles. The van der Waals surface area contributed by atoms with Gasteiger partial charge in [-0.15, -0.1) is 18.3 Å². The first kappa shape index (κ1) is 15.1. The fraction of sp³-hybridized carbons (Fsp3) is 0.333. The number of benzene rings is 1. The molecule has 1 aliphatic rings. The molecule has 0 bridgehead atoms. The van der Waals surface area contributed by atoms with Crippen LogP contribution in [0.5, 0.6) is 5.75 Å². The number of rotatable bonds is 4. The second kappa shape index (κ2) is 5.76. The van der Waals surface area contributed by atoms with E-state index in [1.165, 1.54) is 28.9 Å². The Balaban J connectivity index is 1.81. The molecule has 0 atom stereocenters. The van der Waals surface area contributed by atoms with Crippen LogP contribution in [-0.2, 0) is 4.74 Å². The quantitative estimate of drug-likeness (QED) is 0.886. The van der Waals surface area contributed by atoms with Gasteiger partial charge in [-0.25, -0.2) is 0 Å². The smallest absolute Gasteiger partial charge is 0.406 e. The Labute approximate surface area is 131 Å². The number of halogens is 4. The molecule has 10 heteroatoms. The highest BCUT2D eigenvalue weighted by Crippen LogP contribution is 2.25. The van der Waals surface area contributed by atoms with E-state index in [4.69, 9.17) is 4.74 Å². The van der Waals surface area contributed by atoms with E-state index in [1.54, 1.807) is 0 Å². The molecule has 0 spiro atoms. The van der Waals surface area contributed by atoms with Crippen molar-refractivity contribution in [3.05, 3.63) is 29.0 Å². The summed E-state index contributed by atoms with van der Waals surface area (Å²) >= 11 is 3.18. The molecular formula is C12H10BrF3N4O2. The van der Waals surface area contributed by atoms with Crippen LogP contribution in [0.3, 0.4) is 0 Å². The summed E-state index contributed by atoms with van der Waals surface area (Å²) < 4.78 is 47.2. The highest BCUT2D eigenvalue weighted by molar-refractivity contribution is 9.10. The molecule has 0 radical (unpaired) electrons. The van der Waals surface area contributed by atoms with Crippen LogP contribution in [0.1, 0.15) is 0 Å². The average molecular weight is 379 g/mol. The van der Waals surface area contributed by atoms with Crippen molar-refractivity contribution in [3.8, 4) is 11.4 Å². The summed E-state index contributed by atoms with van der Waals surface area (Å²) in [4.78, 5) is 4.18. The Hall–Kier alpha value is -1.81. The van der Waals surface area contributed by atoms with Crippen LogP contribution < -0.4 is 10.1 Å². The van der Waals surface area contributed by atoms with Gasteiger partial charge in [-0.2, -0.15) is 9.67 Å². The third kappa shape index (κ3) is 3.50. The third-order valence-electron chi connectivity index (χ3n) is 2.87. The number of nitrogens with one attached hydrogen (secondary N) is 1. The van der Waals surface area contributed by atoms with Crippen molar-refractivity contribution in [3.63, 3.8) is 0 Å². The normalized spacial score (nSPS) is 15.5. The van der Waals surface area contributed by atoms with Gasteiger partial charge in [-0.1, -0.05) is 0 Å². The van der Waals surface area contributed by atoms with E-state index in [9.17, 15) is 13.2 Å². The zero-order chi connectivity index (χ0) is 15.7. The lowest BCUT2D eigenvalue weighted by Crippen LogP contribution is -2.41. The van der Waals surface area contributed by atoms with Crippen LogP contribution in [0, 0.1) is 0 Å². The van der Waals surface area contributed by atoms with Gasteiger partial charge in [0.1, 0.15) is 5.75 Å². The molecule has 3 rings (SSSR count). The molecular weight excluding hydrogens is 369 g/mol. The van der Waals surface area contributed by atoms with Gasteiger partial charge in [0.05, 0.1) is 24.9 Å². The predicted molar refractivity (Wildman–Crippen MR) is 74.0 cm³/mol. The molecule has 1 aliphatic heterocycles. The molecule has 2 aromatic rings. The highest BCUT2D eigenvalue weighted by Gasteiger charge is 2.31. The maximum Gasteiger partial charge on any atom is 0.573 e. The summed E-state index contributed by atoms with van der Waals surface area (Å²) in [7, 11) is 0. The molecule has 6 nitrogen and oxygen atoms in total. The second-order valence-corrected chi connectivity index (χ2v) is 5.25. The number of ether oxygens (including phenoxy) is 2. The SMILES string of the molecule is FC(F)(F)Oc1ccc(-n2nc(Br)nc2NC2COC2)cc1. The largest absolute Gasteiger partial charge is 0.573 e. The van der Waals surface area contributed by atoms with E-state index in [2.05, 4.69) is 36.1 Å². The molecule has 22 heavy (non-hydrogen) atoms. The Kier molecular flexibility index (Phi) is 3.96. The van der Waals surface area contributed by atoms with Crippen molar-refractivity contribution in [2.75, 3.05) is 18.5 Å². The van der Waals surface area contributed by atoms with Crippen molar-refractivity contribution >= 4 is 21.9 Å². The van der Waals surface area contributed by atoms with Crippen LogP contribution in [0.2, 0.25) is 0 Å². The summed E-state index contributed by atoms with van der Waals surface area (Å²) in [6.07, 6.45) is -4.71. The molecule has 0 saturated carbocycles. The molecule has 0 unspecified atom stereocenters. The first-order chi connectivity index (χ1) is 10.4. The van der Waals surface area contributed by atoms with E-state index in [0.717, 1.165) is 0 Å². The number of aromatic nitrogens is 3. The van der Waals surface area contributed by atoms with Gasteiger partial charge in [0.2, 0.25) is 10.7 Å². The number of hydrogen-bond acceptors (Lipinski definition) is 5. The molecule has 1 aromatic heterocycles. The lowest BCUT2D eigenvalue weighted by Gasteiger charge is -2.27. The zero-order valence-corrected chi connectivity index (χ0v) is 12.6. The number of hydrogen-bond donors (Lipinski definition) is 1. The number of anilines is 1. The van der Waals surface area contributed by atoms with Crippen molar-refractivity contribution in [2.45, 2.75) is 12.4 Å². The standard InChI is InChI=1S/C12H10BrF3N4O2/c13-10-18-11(17-7-5-21-6-7)20(19-10)8-1-3-9(4-2-8)22-12(14,15)16/h1-4,7H,5-6H2,(H,17,18,19). The van der Waals surface area contributed by atoms with E-state index in [1.807, 2.05) is 0 Å². The predicted octanol–water partition coefficient (Wildman–Crippen LogP) is 2.74. The Morgan fingerprint density at radius 3 is 2.50 bits per heavy atom. The average Bonchev–Trinajstić information content (AvgIpc) is 2.74. The minimum atomic E-state index is -4.71. The fourth-order valence-corrected chi connectivity index (χ4v) is 2.18. The van der Waals surface area contributed by atoms with E-state index >= 15 is 0 Å². The van der Waals surface area contributed by atoms with Crippen molar-refractivity contribution in [1.29, 1.82) is 0 Å². The van der Waals surface area contributed by atoms with Crippen LogP contribution >= 0.6 is 15.9 Å². The molecule has 1 fully saturated rings. The van der Waals surface area contributed by atoms with Crippen LogP contribution in [0.25, 0.3) is 5.69 Å². The van der Waals surface area contributed by atoms with Crippen LogP contribution in [0.4, 0.5) is 19.1 Å². The van der Waals surface area contributed by atoms with E-state index in [0.29, 0.717) is 29.6 Å². The van der Waals surface area contributed by atoms with E-state index < -0.39 is 6.36 Å². The van der Waals surface area contributed by atoms with Gasteiger partial charge >= 0.3 is 6.36 Å². The minimum absolute atomic E-state index is 0.141. The summed E-state index contributed by atoms with van der Waals surface area (Å²) in [6, 6.07) is 5.50.